The van der Waals surface area contributed by atoms with Gasteiger partial charge in [0.05, 0.1) is 13.2 Å². The molecule has 0 aromatic heterocycles. The van der Waals surface area contributed by atoms with Gasteiger partial charge in [0.25, 0.3) is 0 Å². The highest BCUT2D eigenvalue weighted by atomic mass is 16.5. The predicted molar refractivity (Wildman–Crippen MR) is 134 cm³/mol. The van der Waals surface area contributed by atoms with Gasteiger partial charge in [-0.15, -0.1) is 0 Å². The highest BCUT2D eigenvalue weighted by molar-refractivity contribution is 5.91. The van der Waals surface area contributed by atoms with E-state index in [1.807, 2.05) is 24.3 Å². The maximum atomic E-state index is 13.0. The molecule has 1 heterocycles. The minimum absolute atomic E-state index is 0.0572. The van der Waals surface area contributed by atoms with Crippen LogP contribution in [0.5, 0.6) is 5.75 Å². The minimum atomic E-state index is -0.406. The zero-order chi connectivity index (χ0) is 23.5. The number of carbonyl (C=O) groups excluding carboxylic acids is 2. The first-order chi connectivity index (χ1) is 16.6. The zero-order valence-electron chi connectivity index (χ0n) is 19.7. The van der Waals surface area contributed by atoms with Gasteiger partial charge in [0.1, 0.15) is 5.75 Å². The van der Waals surface area contributed by atoms with E-state index in [2.05, 4.69) is 47.0 Å². The van der Waals surface area contributed by atoms with Crippen LogP contribution < -0.4 is 15.4 Å². The Morgan fingerprint density at radius 2 is 1.85 bits per heavy atom. The third-order valence-electron chi connectivity index (χ3n) is 7.49. The van der Waals surface area contributed by atoms with E-state index < -0.39 is 5.54 Å². The third kappa shape index (κ3) is 4.52. The van der Waals surface area contributed by atoms with Gasteiger partial charge >= 0.3 is 0 Å². The smallest absolute Gasteiger partial charge is 0.220 e. The molecule has 5 nitrogen and oxygen atoms in total. The molecule has 1 aliphatic heterocycles. The topological polar surface area (TPSA) is 67.4 Å². The number of methoxy groups -OCH3 is 1. The Kier molecular flexibility index (Phi) is 6.27. The van der Waals surface area contributed by atoms with E-state index in [9.17, 15) is 9.59 Å². The first-order valence-electron chi connectivity index (χ1n) is 12.3. The molecule has 3 aromatic rings. The molecular weight excluding hydrogens is 424 g/mol. The SMILES string of the molecule is COc1ccc(CC2(CCC(=O)NC3CCCc4ccccc43)CCC(=O)N2)c2ccccc12. The van der Waals surface area contributed by atoms with Crippen molar-refractivity contribution in [3.05, 3.63) is 77.4 Å². The van der Waals surface area contributed by atoms with Crippen LogP contribution in [-0.2, 0) is 22.4 Å². The van der Waals surface area contributed by atoms with Gasteiger partial charge in [-0.25, -0.2) is 0 Å². The first-order valence-corrected chi connectivity index (χ1v) is 12.3. The molecule has 1 fully saturated rings. The molecule has 5 heteroatoms. The Labute approximate surface area is 200 Å². The van der Waals surface area contributed by atoms with Crippen molar-refractivity contribution in [1.82, 2.24) is 10.6 Å². The van der Waals surface area contributed by atoms with E-state index >= 15 is 0 Å². The number of benzene rings is 3. The van der Waals surface area contributed by atoms with Gasteiger partial charge in [-0.3, -0.25) is 9.59 Å². The maximum absolute atomic E-state index is 13.0. The lowest BCUT2D eigenvalue weighted by atomic mass is 9.83. The lowest BCUT2D eigenvalue weighted by molar-refractivity contribution is -0.123. The molecule has 0 bridgehead atoms. The van der Waals surface area contributed by atoms with Crippen molar-refractivity contribution in [2.75, 3.05) is 7.11 Å². The van der Waals surface area contributed by atoms with Crippen molar-refractivity contribution >= 4 is 22.6 Å². The molecule has 2 atom stereocenters. The van der Waals surface area contributed by atoms with E-state index in [4.69, 9.17) is 4.74 Å². The maximum Gasteiger partial charge on any atom is 0.220 e. The normalized spacial score (nSPS) is 21.7. The summed E-state index contributed by atoms with van der Waals surface area (Å²) in [7, 11) is 1.68. The molecule has 176 valence electrons. The first kappa shape index (κ1) is 22.5. The van der Waals surface area contributed by atoms with E-state index in [0.717, 1.165) is 42.2 Å². The second-order valence-electron chi connectivity index (χ2n) is 9.69. The number of hydrogen-bond donors (Lipinski definition) is 2. The number of aryl methyl sites for hydroxylation is 1. The largest absolute Gasteiger partial charge is 0.496 e. The summed E-state index contributed by atoms with van der Waals surface area (Å²) in [6.07, 6.45) is 6.11. The van der Waals surface area contributed by atoms with Crippen LogP contribution in [0, 0.1) is 0 Å². The number of nitrogens with one attached hydrogen (secondary N) is 2. The molecule has 2 amide bonds. The molecule has 1 saturated heterocycles. The fourth-order valence-electron chi connectivity index (χ4n) is 5.74. The quantitative estimate of drug-likeness (QED) is 0.525. The average molecular weight is 457 g/mol. The van der Waals surface area contributed by atoms with Crippen LogP contribution in [0.25, 0.3) is 10.8 Å². The van der Waals surface area contributed by atoms with Crippen molar-refractivity contribution in [3.8, 4) is 5.75 Å². The van der Waals surface area contributed by atoms with Crippen molar-refractivity contribution < 1.29 is 14.3 Å². The van der Waals surface area contributed by atoms with Crippen LogP contribution in [0.2, 0.25) is 0 Å². The standard InChI is InChI=1S/C29H32N2O3/c1-34-26-14-13-21(22-9-4-5-11-24(22)26)19-29(18-16-28(33)31-29)17-15-27(32)30-25-12-6-8-20-7-2-3-10-23(20)25/h2-5,7,9-11,13-14,25H,6,8,12,15-19H2,1H3,(H,30,32)(H,31,33). The number of carbonyl (C=O) groups is 2. The Hall–Kier alpha value is -3.34. The summed E-state index contributed by atoms with van der Waals surface area (Å²) >= 11 is 0. The summed E-state index contributed by atoms with van der Waals surface area (Å²) in [6, 6.07) is 20.8. The van der Waals surface area contributed by atoms with Crippen LogP contribution in [0.3, 0.4) is 0 Å². The van der Waals surface area contributed by atoms with Crippen LogP contribution >= 0.6 is 0 Å². The lowest BCUT2D eigenvalue weighted by Crippen LogP contribution is -2.44. The fraction of sp³-hybridized carbons (Fsp3) is 0.379. The van der Waals surface area contributed by atoms with Gasteiger partial charge in [-0.2, -0.15) is 0 Å². The molecular formula is C29H32N2O3. The van der Waals surface area contributed by atoms with Crippen LogP contribution in [0.1, 0.15) is 61.3 Å². The third-order valence-corrected chi connectivity index (χ3v) is 7.49. The molecule has 34 heavy (non-hydrogen) atoms. The summed E-state index contributed by atoms with van der Waals surface area (Å²) in [5, 5.41) is 8.70. The molecule has 3 aromatic carbocycles. The van der Waals surface area contributed by atoms with Crippen molar-refractivity contribution in [1.29, 1.82) is 0 Å². The molecule has 2 aliphatic rings. The molecule has 0 saturated carbocycles. The van der Waals surface area contributed by atoms with Gasteiger partial charge in [-0.05, 0) is 66.7 Å². The number of fused-ring (bicyclic) bond motifs is 2. The van der Waals surface area contributed by atoms with Gasteiger partial charge in [0, 0.05) is 23.8 Å². The van der Waals surface area contributed by atoms with Crippen LogP contribution in [0.4, 0.5) is 0 Å². The monoisotopic (exact) mass is 456 g/mol. The Morgan fingerprint density at radius 3 is 2.65 bits per heavy atom. The second-order valence-corrected chi connectivity index (χ2v) is 9.69. The predicted octanol–water partition coefficient (Wildman–Crippen LogP) is 5.01. The van der Waals surface area contributed by atoms with Crippen molar-refractivity contribution in [2.45, 2.75) is 62.9 Å². The summed E-state index contributed by atoms with van der Waals surface area (Å²) in [5.41, 5.74) is 3.34. The van der Waals surface area contributed by atoms with Crippen molar-refractivity contribution in [3.63, 3.8) is 0 Å². The van der Waals surface area contributed by atoms with Gasteiger partial charge < -0.3 is 15.4 Å². The number of hydrogen-bond acceptors (Lipinski definition) is 3. The Bertz CT molecular complexity index is 1220. The number of ether oxygens (including phenoxy) is 1. The van der Waals surface area contributed by atoms with E-state index in [-0.39, 0.29) is 17.9 Å². The van der Waals surface area contributed by atoms with E-state index in [0.29, 0.717) is 25.7 Å². The van der Waals surface area contributed by atoms with Gasteiger partial charge in [0.2, 0.25) is 11.8 Å². The Balaban J connectivity index is 1.32. The Morgan fingerprint density at radius 1 is 1.06 bits per heavy atom. The molecule has 2 N–H and O–H groups in total. The van der Waals surface area contributed by atoms with Crippen LogP contribution in [-0.4, -0.2) is 24.5 Å². The molecule has 1 aliphatic carbocycles. The van der Waals surface area contributed by atoms with Gasteiger partial charge in [-0.1, -0.05) is 54.6 Å². The molecule has 2 unspecified atom stereocenters. The molecule has 0 radical (unpaired) electrons. The van der Waals surface area contributed by atoms with E-state index in [1.165, 1.54) is 16.7 Å². The fourth-order valence-corrected chi connectivity index (χ4v) is 5.74. The summed E-state index contributed by atoms with van der Waals surface area (Å²) in [4.78, 5) is 25.3. The lowest BCUT2D eigenvalue weighted by Gasteiger charge is -2.31. The number of rotatable bonds is 7. The number of amides is 2. The average Bonchev–Trinajstić information content (AvgIpc) is 3.24. The summed E-state index contributed by atoms with van der Waals surface area (Å²) in [5.74, 6) is 0.970. The zero-order valence-corrected chi connectivity index (χ0v) is 19.7. The minimum Gasteiger partial charge on any atom is -0.496 e. The summed E-state index contributed by atoms with van der Waals surface area (Å²) in [6.45, 7) is 0. The van der Waals surface area contributed by atoms with Gasteiger partial charge in [0.15, 0.2) is 0 Å². The highest BCUT2D eigenvalue weighted by Gasteiger charge is 2.38. The highest BCUT2D eigenvalue weighted by Crippen LogP contribution is 2.35. The van der Waals surface area contributed by atoms with Crippen LogP contribution in [0.15, 0.2) is 60.7 Å². The summed E-state index contributed by atoms with van der Waals surface area (Å²) < 4.78 is 5.55. The molecule has 0 spiro atoms. The van der Waals surface area contributed by atoms with Crippen molar-refractivity contribution in [2.24, 2.45) is 0 Å². The molecule has 5 rings (SSSR count). The second kappa shape index (κ2) is 9.49. The van der Waals surface area contributed by atoms with E-state index in [1.54, 1.807) is 7.11 Å².